The van der Waals surface area contributed by atoms with Crippen molar-refractivity contribution in [1.29, 1.82) is 0 Å². The Kier molecular flexibility index (Phi) is 3.73. The molecule has 0 unspecified atom stereocenters. The fraction of sp³-hybridized carbons (Fsp3) is 0.364. The van der Waals surface area contributed by atoms with Crippen molar-refractivity contribution in [3.05, 3.63) is 34.1 Å². The Morgan fingerprint density at radius 2 is 2.18 bits per heavy atom. The van der Waals surface area contributed by atoms with Crippen molar-refractivity contribution >= 4 is 15.9 Å². The van der Waals surface area contributed by atoms with Gasteiger partial charge in [-0.3, -0.25) is 0 Å². The summed E-state index contributed by atoms with van der Waals surface area (Å²) in [5.41, 5.74) is 1.10. The maximum Gasteiger partial charge on any atom is 0.171 e. The van der Waals surface area contributed by atoms with Gasteiger partial charge in [0.05, 0.1) is 11.0 Å². The van der Waals surface area contributed by atoms with Crippen LogP contribution in [0.25, 0.3) is 0 Å². The van der Waals surface area contributed by atoms with E-state index in [0.29, 0.717) is 19.0 Å². The van der Waals surface area contributed by atoms with E-state index in [4.69, 9.17) is 4.74 Å². The van der Waals surface area contributed by atoms with Gasteiger partial charge in [0.2, 0.25) is 0 Å². The molecule has 90 valence electrons. The lowest BCUT2D eigenvalue weighted by atomic mass is 10.2. The molecule has 0 saturated heterocycles. The van der Waals surface area contributed by atoms with Gasteiger partial charge in [-0.15, -0.1) is 10.2 Å². The van der Waals surface area contributed by atoms with Gasteiger partial charge in [0, 0.05) is 0 Å². The molecular weight excluding hydrogens is 284 g/mol. The third-order valence-corrected chi connectivity index (χ3v) is 2.88. The second-order valence-electron chi connectivity index (χ2n) is 3.67. The number of aromatic nitrogens is 4. The molecule has 2 aromatic rings. The first kappa shape index (κ1) is 12.0. The minimum absolute atomic E-state index is 0.513. The second-order valence-corrected chi connectivity index (χ2v) is 4.52. The molecule has 1 aromatic carbocycles. The Hall–Kier alpha value is -1.43. The molecule has 17 heavy (non-hydrogen) atoms. The first-order chi connectivity index (χ1) is 8.16. The number of tetrazole rings is 1. The number of rotatable bonds is 4. The van der Waals surface area contributed by atoms with Crippen LogP contribution in [-0.4, -0.2) is 26.8 Å². The minimum atomic E-state index is 0.513. The van der Waals surface area contributed by atoms with Crippen molar-refractivity contribution in [2.24, 2.45) is 0 Å². The van der Waals surface area contributed by atoms with Crippen LogP contribution in [-0.2, 0) is 6.54 Å². The quantitative estimate of drug-likeness (QED) is 0.867. The number of para-hydroxylation sites is 1. The smallest absolute Gasteiger partial charge is 0.171 e. The predicted molar refractivity (Wildman–Crippen MR) is 66.9 cm³/mol. The van der Waals surface area contributed by atoms with Gasteiger partial charge >= 0.3 is 0 Å². The highest BCUT2D eigenvalue weighted by Gasteiger charge is 2.04. The summed E-state index contributed by atoms with van der Waals surface area (Å²) in [7, 11) is 0. The van der Waals surface area contributed by atoms with Crippen molar-refractivity contribution in [3.8, 4) is 5.75 Å². The maximum absolute atomic E-state index is 5.71. The molecule has 1 heterocycles. The molecule has 0 aliphatic heterocycles. The van der Waals surface area contributed by atoms with E-state index < -0.39 is 0 Å². The minimum Gasteiger partial charge on any atom is -0.490 e. The van der Waals surface area contributed by atoms with E-state index in [9.17, 15) is 0 Å². The SMILES string of the molecule is Cc1nnn(CCOc2c(C)cccc2Br)n1. The summed E-state index contributed by atoms with van der Waals surface area (Å²) >= 11 is 3.46. The van der Waals surface area contributed by atoms with Gasteiger partial charge in [-0.1, -0.05) is 12.1 Å². The molecule has 0 bridgehead atoms. The summed E-state index contributed by atoms with van der Waals surface area (Å²) in [6, 6.07) is 5.95. The number of hydrogen-bond acceptors (Lipinski definition) is 4. The Morgan fingerprint density at radius 1 is 1.35 bits per heavy atom. The van der Waals surface area contributed by atoms with Gasteiger partial charge in [-0.25, -0.2) is 0 Å². The Bertz CT molecular complexity index is 492. The van der Waals surface area contributed by atoms with Crippen LogP contribution in [0, 0.1) is 13.8 Å². The monoisotopic (exact) mass is 296 g/mol. The number of benzene rings is 1. The number of ether oxygens (including phenoxy) is 1. The van der Waals surface area contributed by atoms with Gasteiger partial charge in [0.15, 0.2) is 5.82 Å². The summed E-state index contributed by atoms with van der Waals surface area (Å²) in [4.78, 5) is 1.53. The zero-order valence-corrected chi connectivity index (χ0v) is 11.3. The predicted octanol–water partition coefficient (Wildman–Crippen LogP) is 2.13. The van der Waals surface area contributed by atoms with Crippen molar-refractivity contribution in [2.45, 2.75) is 20.4 Å². The standard InChI is InChI=1S/C11H13BrN4O/c1-8-4-3-5-10(12)11(8)17-7-6-16-14-9(2)13-15-16/h3-5H,6-7H2,1-2H3. The molecule has 0 N–H and O–H groups in total. The average molecular weight is 297 g/mol. The third kappa shape index (κ3) is 3.03. The fourth-order valence-corrected chi connectivity index (χ4v) is 2.03. The number of halogens is 1. The molecule has 6 heteroatoms. The van der Waals surface area contributed by atoms with Crippen LogP contribution in [0.3, 0.4) is 0 Å². The highest BCUT2D eigenvalue weighted by molar-refractivity contribution is 9.10. The number of hydrogen-bond donors (Lipinski definition) is 0. The van der Waals surface area contributed by atoms with Crippen LogP contribution in [0.1, 0.15) is 11.4 Å². The van der Waals surface area contributed by atoms with Crippen LogP contribution in [0.15, 0.2) is 22.7 Å². The van der Waals surface area contributed by atoms with Crippen LogP contribution >= 0.6 is 15.9 Å². The van der Waals surface area contributed by atoms with E-state index in [0.717, 1.165) is 15.8 Å². The number of aryl methyl sites for hydroxylation is 2. The van der Waals surface area contributed by atoms with Crippen molar-refractivity contribution in [1.82, 2.24) is 20.2 Å². The number of nitrogens with zero attached hydrogens (tertiary/aromatic N) is 4. The molecule has 0 fully saturated rings. The second kappa shape index (κ2) is 5.27. The van der Waals surface area contributed by atoms with Crippen LogP contribution in [0.4, 0.5) is 0 Å². The largest absolute Gasteiger partial charge is 0.490 e. The highest BCUT2D eigenvalue weighted by atomic mass is 79.9. The molecule has 0 atom stereocenters. The third-order valence-electron chi connectivity index (χ3n) is 2.25. The van der Waals surface area contributed by atoms with Crippen molar-refractivity contribution < 1.29 is 4.74 Å². The van der Waals surface area contributed by atoms with Gasteiger partial charge in [0.1, 0.15) is 12.4 Å². The lowest BCUT2D eigenvalue weighted by molar-refractivity contribution is 0.277. The molecule has 0 aliphatic carbocycles. The molecule has 0 aliphatic rings. The zero-order valence-electron chi connectivity index (χ0n) is 9.72. The topological polar surface area (TPSA) is 52.8 Å². The van der Waals surface area contributed by atoms with Gasteiger partial charge in [-0.2, -0.15) is 4.80 Å². The van der Waals surface area contributed by atoms with Gasteiger partial charge < -0.3 is 4.74 Å². The van der Waals surface area contributed by atoms with Crippen molar-refractivity contribution in [2.75, 3.05) is 6.61 Å². The highest BCUT2D eigenvalue weighted by Crippen LogP contribution is 2.28. The molecule has 5 nitrogen and oxygen atoms in total. The van der Waals surface area contributed by atoms with Crippen LogP contribution in [0.5, 0.6) is 5.75 Å². The first-order valence-electron chi connectivity index (χ1n) is 5.29. The van der Waals surface area contributed by atoms with E-state index in [1.807, 2.05) is 32.0 Å². The fourth-order valence-electron chi connectivity index (χ4n) is 1.45. The Labute approximate surface area is 108 Å². The molecule has 0 spiro atoms. The molecular formula is C11H13BrN4O. The van der Waals surface area contributed by atoms with E-state index >= 15 is 0 Å². The molecule has 0 amide bonds. The van der Waals surface area contributed by atoms with E-state index in [1.165, 1.54) is 4.80 Å². The summed E-state index contributed by atoms with van der Waals surface area (Å²) in [5, 5.41) is 11.8. The Balaban J connectivity index is 1.94. The van der Waals surface area contributed by atoms with Crippen LogP contribution < -0.4 is 4.74 Å². The zero-order chi connectivity index (χ0) is 12.3. The maximum atomic E-state index is 5.71. The summed E-state index contributed by atoms with van der Waals surface area (Å²) in [6.45, 7) is 4.92. The molecule has 1 aromatic heterocycles. The van der Waals surface area contributed by atoms with Crippen molar-refractivity contribution in [3.63, 3.8) is 0 Å². The van der Waals surface area contributed by atoms with Gasteiger partial charge in [0.25, 0.3) is 0 Å². The normalized spacial score (nSPS) is 10.5. The van der Waals surface area contributed by atoms with E-state index in [-0.39, 0.29) is 0 Å². The molecule has 0 radical (unpaired) electrons. The summed E-state index contributed by atoms with van der Waals surface area (Å²) < 4.78 is 6.66. The molecule has 0 saturated carbocycles. The van der Waals surface area contributed by atoms with E-state index in [1.54, 1.807) is 0 Å². The Morgan fingerprint density at radius 3 is 2.82 bits per heavy atom. The summed E-state index contributed by atoms with van der Waals surface area (Å²) in [5.74, 6) is 1.53. The summed E-state index contributed by atoms with van der Waals surface area (Å²) in [6.07, 6.45) is 0. The first-order valence-corrected chi connectivity index (χ1v) is 6.08. The lowest BCUT2D eigenvalue weighted by Crippen LogP contribution is -2.11. The average Bonchev–Trinajstić information content (AvgIpc) is 2.69. The van der Waals surface area contributed by atoms with Gasteiger partial charge in [-0.05, 0) is 46.6 Å². The van der Waals surface area contributed by atoms with Crippen LogP contribution in [0.2, 0.25) is 0 Å². The van der Waals surface area contributed by atoms with E-state index in [2.05, 4.69) is 31.3 Å². The molecule has 2 rings (SSSR count). The lowest BCUT2D eigenvalue weighted by Gasteiger charge is -2.10.